The standard InChI is InChI=1S/C18H23NOS/c1-13-6-8-17(11-15(13)3)20-9-4-10-21-18-12-16(19)7-5-14(18)2/h5-8,11-12H,4,9-10,19H2,1-3H3. The van der Waals surface area contributed by atoms with Crippen molar-refractivity contribution < 1.29 is 4.74 Å². The van der Waals surface area contributed by atoms with Crippen LogP contribution in [0.2, 0.25) is 0 Å². The van der Waals surface area contributed by atoms with Crippen LogP contribution in [-0.2, 0) is 0 Å². The second-order valence-electron chi connectivity index (χ2n) is 5.32. The van der Waals surface area contributed by atoms with Crippen LogP contribution < -0.4 is 10.5 Å². The molecule has 2 aromatic carbocycles. The molecule has 112 valence electrons. The lowest BCUT2D eigenvalue weighted by molar-refractivity contribution is 0.318. The van der Waals surface area contributed by atoms with Crippen molar-refractivity contribution in [3.05, 3.63) is 53.1 Å². The molecule has 2 nitrogen and oxygen atoms in total. The average molecular weight is 301 g/mol. The third kappa shape index (κ3) is 4.71. The highest BCUT2D eigenvalue weighted by Gasteiger charge is 2.01. The fourth-order valence-corrected chi connectivity index (χ4v) is 3.00. The first kappa shape index (κ1) is 15.8. The lowest BCUT2D eigenvalue weighted by Gasteiger charge is -2.09. The van der Waals surface area contributed by atoms with Crippen LogP contribution in [0.4, 0.5) is 5.69 Å². The van der Waals surface area contributed by atoms with Gasteiger partial charge in [-0.3, -0.25) is 0 Å². The molecule has 3 heteroatoms. The third-order valence-electron chi connectivity index (χ3n) is 3.51. The van der Waals surface area contributed by atoms with Crippen LogP contribution in [0.5, 0.6) is 5.75 Å². The van der Waals surface area contributed by atoms with Gasteiger partial charge in [0.1, 0.15) is 5.75 Å². The number of benzene rings is 2. The Morgan fingerprint density at radius 1 is 0.952 bits per heavy atom. The number of anilines is 1. The van der Waals surface area contributed by atoms with Crippen molar-refractivity contribution in [1.82, 2.24) is 0 Å². The van der Waals surface area contributed by atoms with Gasteiger partial charge in [-0.15, -0.1) is 11.8 Å². The van der Waals surface area contributed by atoms with Crippen LogP contribution in [0.15, 0.2) is 41.3 Å². The Morgan fingerprint density at radius 3 is 2.48 bits per heavy atom. The van der Waals surface area contributed by atoms with Gasteiger partial charge in [-0.05, 0) is 68.1 Å². The van der Waals surface area contributed by atoms with Crippen LogP contribution in [0.3, 0.4) is 0 Å². The van der Waals surface area contributed by atoms with Gasteiger partial charge in [0.25, 0.3) is 0 Å². The third-order valence-corrected chi connectivity index (χ3v) is 4.75. The molecule has 2 N–H and O–H groups in total. The summed E-state index contributed by atoms with van der Waals surface area (Å²) in [6.07, 6.45) is 1.02. The van der Waals surface area contributed by atoms with E-state index in [9.17, 15) is 0 Å². The van der Waals surface area contributed by atoms with Gasteiger partial charge in [-0.1, -0.05) is 12.1 Å². The highest BCUT2D eigenvalue weighted by Crippen LogP contribution is 2.25. The summed E-state index contributed by atoms with van der Waals surface area (Å²) in [7, 11) is 0. The molecule has 2 aromatic rings. The minimum atomic E-state index is 0.747. The van der Waals surface area contributed by atoms with Crippen LogP contribution in [0, 0.1) is 20.8 Å². The van der Waals surface area contributed by atoms with E-state index >= 15 is 0 Å². The number of hydrogen-bond donors (Lipinski definition) is 1. The summed E-state index contributed by atoms with van der Waals surface area (Å²) in [6.45, 7) is 7.09. The first-order valence-corrected chi connectivity index (χ1v) is 8.24. The Bertz CT molecular complexity index is 610. The Morgan fingerprint density at radius 2 is 1.71 bits per heavy atom. The summed E-state index contributed by atoms with van der Waals surface area (Å²) < 4.78 is 5.80. The highest BCUT2D eigenvalue weighted by atomic mass is 32.2. The molecule has 0 atom stereocenters. The smallest absolute Gasteiger partial charge is 0.119 e. The van der Waals surface area contributed by atoms with Crippen molar-refractivity contribution in [3.8, 4) is 5.75 Å². The largest absolute Gasteiger partial charge is 0.494 e. The second-order valence-corrected chi connectivity index (χ2v) is 6.46. The van der Waals surface area contributed by atoms with Gasteiger partial charge < -0.3 is 10.5 Å². The second kappa shape index (κ2) is 7.41. The maximum Gasteiger partial charge on any atom is 0.119 e. The van der Waals surface area contributed by atoms with E-state index in [2.05, 4.69) is 39.0 Å². The predicted molar refractivity (Wildman–Crippen MR) is 92.3 cm³/mol. The summed E-state index contributed by atoms with van der Waals surface area (Å²) >= 11 is 1.84. The van der Waals surface area contributed by atoms with Gasteiger partial charge in [0.2, 0.25) is 0 Å². The van der Waals surface area contributed by atoms with Gasteiger partial charge >= 0.3 is 0 Å². The van der Waals surface area contributed by atoms with Gasteiger partial charge in [-0.2, -0.15) is 0 Å². The molecular formula is C18H23NOS. The molecule has 0 fully saturated rings. The average Bonchev–Trinajstić information content (AvgIpc) is 2.46. The fraction of sp³-hybridized carbons (Fsp3) is 0.333. The Labute approximate surface area is 131 Å². The molecule has 0 aromatic heterocycles. The predicted octanol–water partition coefficient (Wildman–Crippen LogP) is 4.76. The Balaban J connectivity index is 1.75. The molecular weight excluding hydrogens is 278 g/mol. The maximum absolute atomic E-state index is 5.82. The van der Waals surface area contributed by atoms with Crippen LogP contribution >= 0.6 is 11.8 Å². The summed E-state index contributed by atoms with van der Waals surface area (Å²) in [4.78, 5) is 1.26. The zero-order valence-corrected chi connectivity index (χ0v) is 13.8. The molecule has 0 amide bonds. The van der Waals surface area contributed by atoms with E-state index in [0.717, 1.165) is 30.2 Å². The van der Waals surface area contributed by atoms with Gasteiger partial charge in [0.15, 0.2) is 0 Å². The minimum absolute atomic E-state index is 0.747. The SMILES string of the molecule is Cc1ccc(OCCCSc2cc(N)ccc2C)cc1C. The van der Waals surface area contributed by atoms with Crippen LogP contribution in [-0.4, -0.2) is 12.4 Å². The summed E-state index contributed by atoms with van der Waals surface area (Å²) in [5, 5.41) is 0. The molecule has 0 radical (unpaired) electrons. The summed E-state index contributed by atoms with van der Waals surface area (Å²) in [6, 6.07) is 12.3. The number of rotatable bonds is 6. The number of nitrogen functional groups attached to an aromatic ring is 1. The molecule has 21 heavy (non-hydrogen) atoms. The van der Waals surface area contributed by atoms with Crippen LogP contribution in [0.1, 0.15) is 23.1 Å². The molecule has 0 saturated heterocycles. The van der Waals surface area contributed by atoms with Crippen molar-refractivity contribution in [3.63, 3.8) is 0 Å². The zero-order valence-electron chi connectivity index (χ0n) is 13.0. The minimum Gasteiger partial charge on any atom is -0.494 e. The molecule has 0 aliphatic rings. The fourth-order valence-electron chi connectivity index (χ4n) is 2.01. The number of nitrogens with two attached hydrogens (primary N) is 1. The van der Waals surface area contributed by atoms with E-state index < -0.39 is 0 Å². The van der Waals surface area contributed by atoms with E-state index in [1.54, 1.807) is 0 Å². The van der Waals surface area contributed by atoms with Crippen molar-refractivity contribution in [2.75, 3.05) is 18.1 Å². The number of ether oxygens (including phenoxy) is 1. The first-order valence-electron chi connectivity index (χ1n) is 7.25. The summed E-state index contributed by atoms with van der Waals surface area (Å²) in [5.74, 6) is 2.00. The van der Waals surface area contributed by atoms with Crippen molar-refractivity contribution in [1.29, 1.82) is 0 Å². The van der Waals surface area contributed by atoms with E-state index in [1.165, 1.54) is 21.6 Å². The highest BCUT2D eigenvalue weighted by molar-refractivity contribution is 7.99. The van der Waals surface area contributed by atoms with Crippen LogP contribution in [0.25, 0.3) is 0 Å². The molecule has 0 aliphatic carbocycles. The molecule has 0 aliphatic heterocycles. The summed E-state index contributed by atoms with van der Waals surface area (Å²) in [5.41, 5.74) is 10.5. The van der Waals surface area contributed by atoms with E-state index in [4.69, 9.17) is 10.5 Å². The molecule has 0 saturated carbocycles. The lowest BCUT2D eigenvalue weighted by Crippen LogP contribution is -1.99. The molecule has 0 spiro atoms. The van der Waals surface area contributed by atoms with Gasteiger partial charge in [0.05, 0.1) is 6.61 Å². The van der Waals surface area contributed by atoms with Crippen molar-refractivity contribution in [2.24, 2.45) is 0 Å². The number of hydrogen-bond acceptors (Lipinski definition) is 3. The molecule has 0 bridgehead atoms. The number of aryl methyl sites for hydroxylation is 3. The molecule has 2 rings (SSSR count). The topological polar surface area (TPSA) is 35.2 Å². The van der Waals surface area contributed by atoms with E-state index in [0.29, 0.717) is 0 Å². The van der Waals surface area contributed by atoms with Crippen molar-refractivity contribution in [2.45, 2.75) is 32.1 Å². The van der Waals surface area contributed by atoms with E-state index in [-0.39, 0.29) is 0 Å². The zero-order chi connectivity index (χ0) is 15.2. The normalized spacial score (nSPS) is 10.6. The van der Waals surface area contributed by atoms with Gasteiger partial charge in [-0.25, -0.2) is 0 Å². The Kier molecular flexibility index (Phi) is 5.57. The number of thioether (sulfide) groups is 1. The Hall–Kier alpha value is -1.61. The van der Waals surface area contributed by atoms with Gasteiger partial charge in [0, 0.05) is 16.3 Å². The first-order chi connectivity index (χ1) is 10.1. The molecule has 0 unspecified atom stereocenters. The quantitative estimate of drug-likeness (QED) is 0.475. The van der Waals surface area contributed by atoms with E-state index in [1.807, 2.05) is 30.0 Å². The maximum atomic E-state index is 5.82. The lowest BCUT2D eigenvalue weighted by atomic mass is 10.1. The monoisotopic (exact) mass is 301 g/mol. The van der Waals surface area contributed by atoms with Crippen molar-refractivity contribution >= 4 is 17.4 Å². The molecule has 0 heterocycles.